The van der Waals surface area contributed by atoms with Crippen LogP contribution in [0.4, 0.5) is 0 Å². The molecule has 0 aliphatic heterocycles. The number of hydrogen-bond donors (Lipinski definition) is 1. The summed E-state index contributed by atoms with van der Waals surface area (Å²) in [4.78, 5) is 11.9. The van der Waals surface area contributed by atoms with Crippen LogP contribution in [0.1, 0.15) is 40.2 Å². The highest BCUT2D eigenvalue weighted by Gasteiger charge is 2.57. The highest BCUT2D eigenvalue weighted by Crippen LogP contribution is 2.62. The van der Waals surface area contributed by atoms with Crippen molar-refractivity contribution in [2.75, 3.05) is 6.61 Å². The van der Waals surface area contributed by atoms with E-state index in [1.54, 1.807) is 0 Å². The molecule has 1 fully saturated rings. The highest BCUT2D eigenvalue weighted by atomic mass is 16.5. The molecular formula is C17H18N2O2. The Morgan fingerprint density at radius 3 is 2.95 bits per heavy atom. The van der Waals surface area contributed by atoms with Crippen molar-refractivity contribution in [2.24, 2.45) is 11.8 Å². The van der Waals surface area contributed by atoms with Crippen LogP contribution in [0.15, 0.2) is 30.3 Å². The summed E-state index contributed by atoms with van der Waals surface area (Å²) in [6, 6.07) is 10.6. The molecule has 1 N–H and O–H groups in total. The van der Waals surface area contributed by atoms with E-state index in [4.69, 9.17) is 4.74 Å². The fourth-order valence-electron chi connectivity index (χ4n) is 3.78. The van der Waals surface area contributed by atoms with Crippen molar-refractivity contribution in [1.82, 2.24) is 10.2 Å². The molecule has 1 heterocycles. The number of ether oxygens (including phenoxy) is 1. The van der Waals surface area contributed by atoms with E-state index in [1.807, 2.05) is 6.92 Å². The minimum Gasteiger partial charge on any atom is -0.461 e. The van der Waals surface area contributed by atoms with Crippen molar-refractivity contribution in [3.8, 4) is 0 Å². The largest absolute Gasteiger partial charge is 0.461 e. The predicted molar refractivity (Wildman–Crippen MR) is 78.1 cm³/mol. The van der Waals surface area contributed by atoms with Gasteiger partial charge in [0, 0.05) is 17.2 Å². The summed E-state index contributed by atoms with van der Waals surface area (Å²) >= 11 is 0. The van der Waals surface area contributed by atoms with Crippen LogP contribution < -0.4 is 0 Å². The van der Waals surface area contributed by atoms with Crippen molar-refractivity contribution >= 4 is 5.97 Å². The van der Waals surface area contributed by atoms with Gasteiger partial charge >= 0.3 is 5.97 Å². The molecule has 2 aliphatic carbocycles. The summed E-state index contributed by atoms with van der Waals surface area (Å²) in [6.07, 6.45) is 2.07. The van der Waals surface area contributed by atoms with Gasteiger partial charge in [-0.05, 0) is 37.2 Å². The zero-order valence-electron chi connectivity index (χ0n) is 12.0. The number of aromatic amines is 1. The minimum absolute atomic E-state index is 0.295. The van der Waals surface area contributed by atoms with Gasteiger partial charge in [0.25, 0.3) is 0 Å². The molecule has 0 amide bonds. The molecule has 0 spiro atoms. The molecule has 2 aromatic rings. The van der Waals surface area contributed by atoms with E-state index in [1.165, 1.54) is 11.3 Å². The molecule has 21 heavy (non-hydrogen) atoms. The zero-order valence-corrected chi connectivity index (χ0v) is 12.0. The lowest BCUT2D eigenvalue weighted by molar-refractivity contribution is 0.0518. The number of hydrogen-bond acceptors (Lipinski definition) is 3. The van der Waals surface area contributed by atoms with Gasteiger partial charge in [0.15, 0.2) is 5.69 Å². The second-order valence-electron chi connectivity index (χ2n) is 5.93. The Balaban J connectivity index is 1.51. The molecule has 108 valence electrons. The van der Waals surface area contributed by atoms with Crippen LogP contribution in [-0.2, 0) is 17.6 Å². The number of aromatic nitrogens is 2. The number of nitrogens with zero attached hydrogens (tertiary/aromatic N) is 1. The van der Waals surface area contributed by atoms with E-state index in [0.29, 0.717) is 30.1 Å². The van der Waals surface area contributed by atoms with Crippen LogP contribution in [0.3, 0.4) is 0 Å². The van der Waals surface area contributed by atoms with Crippen LogP contribution in [0.2, 0.25) is 0 Å². The summed E-state index contributed by atoms with van der Waals surface area (Å²) in [5.74, 6) is 1.62. The Morgan fingerprint density at radius 2 is 2.19 bits per heavy atom. The molecule has 4 rings (SSSR count). The standard InChI is InChI=1S/C17H18N2O2/c1-2-21-17(20)16-13-9-12-11(14(12)15(13)18-19-16)8-10-6-4-3-5-7-10/h3-7,11-12,14H,2,8-9H2,1H3,(H,18,19). The molecule has 2 aliphatic rings. The third-order valence-corrected chi connectivity index (χ3v) is 4.79. The monoisotopic (exact) mass is 282 g/mol. The number of nitrogens with one attached hydrogen (secondary N) is 1. The van der Waals surface area contributed by atoms with Crippen molar-refractivity contribution in [2.45, 2.75) is 25.7 Å². The summed E-state index contributed by atoms with van der Waals surface area (Å²) < 4.78 is 5.06. The lowest BCUT2D eigenvalue weighted by Gasteiger charge is -2.05. The van der Waals surface area contributed by atoms with E-state index in [2.05, 4.69) is 40.5 Å². The SMILES string of the molecule is CCOC(=O)c1n[nH]c2c1CC1C(Cc3ccccc3)C21. The maximum absolute atomic E-state index is 11.9. The molecule has 0 bridgehead atoms. The van der Waals surface area contributed by atoms with Crippen molar-refractivity contribution in [3.05, 3.63) is 52.8 Å². The van der Waals surface area contributed by atoms with E-state index >= 15 is 0 Å². The number of rotatable bonds is 4. The fraction of sp³-hybridized carbons (Fsp3) is 0.412. The van der Waals surface area contributed by atoms with E-state index in [9.17, 15) is 4.79 Å². The summed E-state index contributed by atoms with van der Waals surface area (Å²) in [6.45, 7) is 2.21. The van der Waals surface area contributed by atoms with Gasteiger partial charge in [-0.2, -0.15) is 5.10 Å². The van der Waals surface area contributed by atoms with Crippen LogP contribution in [0, 0.1) is 11.8 Å². The van der Waals surface area contributed by atoms with E-state index in [-0.39, 0.29) is 5.97 Å². The fourth-order valence-corrected chi connectivity index (χ4v) is 3.78. The van der Waals surface area contributed by atoms with Crippen LogP contribution in [-0.4, -0.2) is 22.8 Å². The number of esters is 1. The van der Waals surface area contributed by atoms with Gasteiger partial charge in [0.1, 0.15) is 0 Å². The first-order valence-electron chi connectivity index (χ1n) is 7.57. The van der Waals surface area contributed by atoms with Crippen molar-refractivity contribution < 1.29 is 9.53 Å². The first kappa shape index (κ1) is 12.6. The number of carbonyl (C=O) groups is 1. The average Bonchev–Trinajstić information content (AvgIpc) is 2.86. The zero-order chi connectivity index (χ0) is 14.4. The highest BCUT2D eigenvalue weighted by molar-refractivity contribution is 5.89. The third-order valence-electron chi connectivity index (χ3n) is 4.79. The van der Waals surface area contributed by atoms with Gasteiger partial charge in [-0.15, -0.1) is 0 Å². The van der Waals surface area contributed by atoms with Crippen LogP contribution in [0.25, 0.3) is 0 Å². The minimum atomic E-state index is -0.295. The molecule has 4 nitrogen and oxygen atoms in total. The molecule has 0 saturated heterocycles. The predicted octanol–water partition coefficient (Wildman–Crippen LogP) is 2.71. The topological polar surface area (TPSA) is 55.0 Å². The van der Waals surface area contributed by atoms with Gasteiger partial charge in [0.2, 0.25) is 0 Å². The molecule has 1 aromatic carbocycles. The van der Waals surface area contributed by atoms with Crippen LogP contribution in [0.5, 0.6) is 0 Å². The van der Waals surface area contributed by atoms with Crippen molar-refractivity contribution in [3.63, 3.8) is 0 Å². The summed E-state index contributed by atoms with van der Waals surface area (Å²) in [7, 11) is 0. The van der Waals surface area contributed by atoms with Crippen LogP contribution >= 0.6 is 0 Å². The summed E-state index contributed by atoms with van der Waals surface area (Å²) in [5.41, 5.74) is 4.15. The maximum atomic E-state index is 11.9. The molecule has 1 aromatic heterocycles. The lowest BCUT2D eigenvalue weighted by atomic mass is 10.0. The third kappa shape index (κ3) is 1.97. The van der Waals surface area contributed by atoms with Gasteiger partial charge in [-0.1, -0.05) is 30.3 Å². The Morgan fingerprint density at radius 1 is 1.38 bits per heavy atom. The quantitative estimate of drug-likeness (QED) is 0.877. The first-order valence-corrected chi connectivity index (χ1v) is 7.57. The van der Waals surface area contributed by atoms with Crippen molar-refractivity contribution in [1.29, 1.82) is 0 Å². The normalized spacial score (nSPS) is 25.3. The Hall–Kier alpha value is -2.10. The van der Waals surface area contributed by atoms with Gasteiger partial charge in [0.05, 0.1) is 6.61 Å². The second-order valence-corrected chi connectivity index (χ2v) is 5.93. The lowest BCUT2D eigenvalue weighted by Crippen LogP contribution is -2.08. The maximum Gasteiger partial charge on any atom is 0.359 e. The molecule has 3 atom stereocenters. The Kier molecular flexibility index (Phi) is 2.84. The Bertz CT molecular complexity index is 677. The second kappa shape index (κ2) is 4.72. The molecular weight excluding hydrogens is 264 g/mol. The molecule has 0 radical (unpaired) electrons. The van der Waals surface area contributed by atoms with Gasteiger partial charge < -0.3 is 4.74 Å². The molecule has 1 saturated carbocycles. The van der Waals surface area contributed by atoms with Gasteiger partial charge in [-0.25, -0.2) is 4.79 Å². The number of carbonyl (C=O) groups excluding carboxylic acids is 1. The number of fused-ring (bicyclic) bond motifs is 3. The molecule has 3 unspecified atom stereocenters. The van der Waals surface area contributed by atoms with Gasteiger partial charge in [-0.3, -0.25) is 5.10 Å². The number of H-pyrrole nitrogens is 1. The first-order chi connectivity index (χ1) is 10.3. The average molecular weight is 282 g/mol. The Labute approximate surface area is 123 Å². The van der Waals surface area contributed by atoms with E-state index < -0.39 is 0 Å². The number of benzene rings is 1. The summed E-state index contributed by atoms with van der Waals surface area (Å²) in [5, 5.41) is 7.26. The van der Waals surface area contributed by atoms with E-state index in [0.717, 1.165) is 18.4 Å². The smallest absolute Gasteiger partial charge is 0.359 e. The molecule has 4 heteroatoms.